The number of nitrogens with two attached hydrogens (primary N) is 1. The van der Waals surface area contributed by atoms with Crippen molar-refractivity contribution in [2.24, 2.45) is 11.7 Å². The Morgan fingerprint density at radius 1 is 1.41 bits per heavy atom. The zero-order valence-electron chi connectivity index (χ0n) is 9.16. The average molecular weight is 245 g/mol. The minimum atomic E-state index is -2.55. The second-order valence-corrected chi connectivity index (χ2v) is 4.43. The van der Waals surface area contributed by atoms with E-state index in [-0.39, 0.29) is 24.5 Å². The molecule has 5 nitrogen and oxygen atoms in total. The highest BCUT2D eigenvalue weighted by Crippen LogP contribution is 2.37. The van der Waals surface area contributed by atoms with Crippen LogP contribution in [0.4, 0.5) is 8.78 Å². The van der Waals surface area contributed by atoms with E-state index in [4.69, 9.17) is 5.73 Å². The van der Waals surface area contributed by atoms with Crippen molar-refractivity contribution in [1.82, 2.24) is 10.3 Å². The van der Waals surface area contributed by atoms with Gasteiger partial charge in [-0.25, -0.2) is 13.4 Å². The van der Waals surface area contributed by atoms with Crippen molar-refractivity contribution < 1.29 is 18.2 Å². The van der Waals surface area contributed by atoms with Crippen molar-refractivity contribution in [3.63, 3.8) is 0 Å². The summed E-state index contributed by atoms with van der Waals surface area (Å²) in [6.45, 7) is 0. The number of hydrogen-bond acceptors (Lipinski definition) is 4. The van der Waals surface area contributed by atoms with Crippen molar-refractivity contribution in [1.29, 1.82) is 0 Å². The molecule has 0 unspecified atom stereocenters. The molecule has 0 atom stereocenters. The molecule has 1 saturated carbocycles. The fourth-order valence-corrected chi connectivity index (χ4v) is 2.11. The molecule has 0 spiro atoms. The van der Waals surface area contributed by atoms with Crippen LogP contribution in [0.2, 0.25) is 0 Å². The minimum Gasteiger partial charge on any atom is -0.364 e. The van der Waals surface area contributed by atoms with Crippen LogP contribution < -0.4 is 5.73 Å². The van der Waals surface area contributed by atoms with Gasteiger partial charge >= 0.3 is 0 Å². The summed E-state index contributed by atoms with van der Waals surface area (Å²) in [5.41, 5.74) is 5.46. The van der Waals surface area contributed by atoms with Gasteiger partial charge < -0.3 is 5.73 Å². The van der Waals surface area contributed by atoms with Gasteiger partial charge in [0, 0.05) is 12.8 Å². The number of alkyl halides is 2. The molecular formula is C10H13F2N3O2. The first-order valence-electron chi connectivity index (χ1n) is 5.47. The number of hydrogen-bond donors (Lipinski definition) is 1. The summed E-state index contributed by atoms with van der Waals surface area (Å²) in [6, 6.07) is 0. The normalized spacial score (nSPS) is 20.4. The maximum atomic E-state index is 12.9. The lowest BCUT2D eigenvalue weighted by Crippen LogP contribution is -2.26. The number of amides is 1. The summed E-state index contributed by atoms with van der Waals surface area (Å²) < 4.78 is 30.3. The molecule has 1 aliphatic rings. The van der Waals surface area contributed by atoms with Gasteiger partial charge in [-0.15, -0.1) is 0 Å². The fourth-order valence-electron chi connectivity index (χ4n) is 2.11. The van der Waals surface area contributed by atoms with Gasteiger partial charge in [0.05, 0.1) is 0 Å². The molecular weight excluding hydrogens is 232 g/mol. The molecule has 0 aromatic carbocycles. The molecule has 2 N–H and O–H groups in total. The van der Waals surface area contributed by atoms with E-state index in [0.29, 0.717) is 25.0 Å². The number of rotatable bonds is 3. The van der Waals surface area contributed by atoms with E-state index in [1.165, 1.54) is 0 Å². The van der Waals surface area contributed by atoms with Gasteiger partial charge in [-0.1, -0.05) is 5.16 Å². The Morgan fingerprint density at radius 3 is 2.65 bits per heavy atom. The Hall–Kier alpha value is -1.53. The van der Waals surface area contributed by atoms with Gasteiger partial charge in [-0.3, -0.25) is 4.79 Å². The Labute approximate surface area is 96.3 Å². The van der Waals surface area contributed by atoms with E-state index < -0.39 is 11.8 Å². The van der Waals surface area contributed by atoms with Crippen molar-refractivity contribution in [2.45, 2.75) is 38.0 Å². The van der Waals surface area contributed by atoms with Crippen molar-refractivity contribution >= 4 is 5.91 Å². The summed E-state index contributed by atoms with van der Waals surface area (Å²) in [5, 5.41) is 6.99. The largest absolute Gasteiger partial charge is 0.364 e. The van der Waals surface area contributed by atoms with E-state index in [1.54, 1.807) is 0 Å². The van der Waals surface area contributed by atoms with E-state index in [9.17, 15) is 13.6 Å². The monoisotopic (exact) mass is 245 g/mol. The highest BCUT2D eigenvalue weighted by atomic mass is 19.3. The number of nitrogens with zero attached hydrogens (tertiary/aromatic N) is 2. The predicted molar refractivity (Wildman–Crippen MR) is 53.4 cm³/mol. The quantitative estimate of drug-likeness (QED) is 0.875. The van der Waals surface area contributed by atoms with Crippen LogP contribution in [0.1, 0.15) is 41.9 Å². The molecule has 0 saturated heterocycles. The van der Waals surface area contributed by atoms with Crippen molar-refractivity contribution in [3.8, 4) is 0 Å². The Kier molecular flexibility index (Phi) is 3.08. The van der Waals surface area contributed by atoms with Gasteiger partial charge in [0.25, 0.3) is 5.91 Å². The summed E-state index contributed by atoms with van der Waals surface area (Å²) >= 11 is 0. The van der Waals surface area contributed by atoms with Gasteiger partial charge in [0.15, 0.2) is 5.69 Å². The third kappa shape index (κ3) is 2.78. The lowest BCUT2D eigenvalue weighted by Gasteiger charge is -2.27. The van der Waals surface area contributed by atoms with E-state index in [2.05, 4.69) is 14.9 Å². The van der Waals surface area contributed by atoms with Crippen LogP contribution >= 0.6 is 0 Å². The Bertz CT molecular complexity index is 409. The predicted octanol–water partition coefficient (Wildman–Crippen LogP) is 1.54. The Morgan fingerprint density at radius 2 is 2.06 bits per heavy atom. The molecule has 1 amide bonds. The summed E-state index contributed by atoms with van der Waals surface area (Å²) in [4.78, 5) is 11.0. The second-order valence-electron chi connectivity index (χ2n) is 4.43. The smallest absolute Gasteiger partial charge is 0.272 e. The molecule has 94 valence electrons. The highest BCUT2D eigenvalue weighted by Gasteiger charge is 2.35. The lowest BCUT2D eigenvalue weighted by molar-refractivity contribution is -0.0457. The maximum Gasteiger partial charge on any atom is 0.272 e. The molecule has 17 heavy (non-hydrogen) atoms. The molecule has 0 bridgehead atoms. The topological polar surface area (TPSA) is 82.0 Å². The number of aromatic nitrogens is 2. The maximum absolute atomic E-state index is 12.9. The van der Waals surface area contributed by atoms with Gasteiger partial charge in [-0.2, -0.15) is 0 Å². The number of primary amides is 1. The molecule has 7 heteroatoms. The number of halogens is 2. The first-order chi connectivity index (χ1) is 7.98. The summed E-state index contributed by atoms with van der Waals surface area (Å²) in [7, 11) is 0. The molecule has 1 aromatic rings. The van der Waals surface area contributed by atoms with Crippen LogP contribution in [0.15, 0.2) is 4.63 Å². The molecule has 1 aromatic heterocycles. The third-order valence-corrected chi connectivity index (χ3v) is 3.11. The molecule has 1 heterocycles. The zero-order chi connectivity index (χ0) is 12.5. The lowest BCUT2D eigenvalue weighted by atomic mass is 9.84. The summed E-state index contributed by atoms with van der Waals surface area (Å²) in [6.07, 6.45) is 1.01. The van der Waals surface area contributed by atoms with Gasteiger partial charge in [-0.05, 0) is 30.3 Å². The number of carbonyl (C=O) groups is 1. The molecule has 0 aliphatic heterocycles. The van der Waals surface area contributed by atoms with Crippen molar-refractivity contribution in [3.05, 3.63) is 11.4 Å². The highest BCUT2D eigenvalue weighted by molar-refractivity contribution is 5.91. The van der Waals surface area contributed by atoms with E-state index in [0.717, 1.165) is 0 Å². The molecule has 2 rings (SSSR count). The van der Waals surface area contributed by atoms with E-state index in [1.807, 2.05) is 0 Å². The van der Waals surface area contributed by atoms with Crippen LogP contribution in [-0.2, 0) is 6.42 Å². The van der Waals surface area contributed by atoms with Crippen LogP contribution in [0, 0.1) is 5.92 Å². The number of carbonyl (C=O) groups excluding carboxylic acids is 1. The van der Waals surface area contributed by atoms with Crippen LogP contribution in [0.25, 0.3) is 0 Å². The average Bonchev–Trinajstić information content (AvgIpc) is 2.69. The van der Waals surface area contributed by atoms with Crippen LogP contribution in [-0.4, -0.2) is 22.1 Å². The molecule has 0 radical (unpaired) electrons. The van der Waals surface area contributed by atoms with Crippen LogP contribution in [0.3, 0.4) is 0 Å². The van der Waals surface area contributed by atoms with Crippen molar-refractivity contribution in [2.75, 3.05) is 0 Å². The molecule has 1 fully saturated rings. The fraction of sp³-hybridized carbons (Fsp3) is 0.700. The summed E-state index contributed by atoms with van der Waals surface area (Å²) in [5.74, 6) is -3.17. The molecule has 1 aliphatic carbocycles. The van der Waals surface area contributed by atoms with Gasteiger partial charge in [0.2, 0.25) is 5.92 Å². The zero-order valence-corrected chi connectivity index (χ0v) is 9.16. The van der Waals surface area contributed by atoms with Gasteiger partial charge in [0.1, 0.15) is 5.69 Å². The SMILES string of the molecule is NC(=O)c1nonc1CC1CCC(F)(F)CC1. The standard InChI is InChI=1S/C10H13F2N3O2/c11-10(12)3-1-6(2-4-10)5-7-8(9(13)16)15-17-14-7/h6H,1-5H2,(H2,13,16). The first kappa shape index (κ1) is 11.9. The Balaban J connectivity index is 1.98. The third-order valence-electron chi connectivity index (χ3n) is 3.11. The second kappa shape index (κ2) is 4.38. The van der Waals surface area contributed by atoms with Crippen LogP contribution in [0.5, 0.6) is 0 Å². The minimum absolute atomic E-state index is 0.00216. The first-order valence-corrected chi connectivity index (χ1v) is 5.47. The van der Waals surface area contributed by atoms with E-state index >= 15 is 0 Å².